The van der Waals surface area contributed by atoms with Crippen LogP contribution in [0.2, 0.25) is 0 Å². The summed E-state index contributed by atoms with van der Waals surface area (Å²) in [5.41, 5.74) is 4.44. The lowest BCUT2D eigenvalue weighted by atomic mass is 10.1. The molecule has 33 heavy (non-hydrogen) atoms. The third kappa shape index (κ3) is 4.16. The van der Waals surface area contributed by atoms with Gasteiger partial charge in [-0.2, -0.15) is 0 Å². The fraction of sp³-hybridized carbons (Fsp3) is 0.0800. The van der Waals surface area contributed by atoms with Crippen LogP contribution in [0.25, 0.3) is 33.5 Å². The van der Waals surface area contributed by atoms with Crippen molar-refractivity contribution in [3.8, 4) is 17.2 Å². The zero-order valence-corrected chi connectivity index (χ0v) is 18.7. The normalized spacial score (nSPS) is 11.0. The molecule has 0 aliphatic heterocycles. The zero-order valence-electron chi connectivity index (χ0n) is 17.8. The number of aryl methyl sites for hydroxylation is 1. The second kappa shape index (κ2) is 8.40. The molecule has 0 spiro atoms. The number of hydrogen-bond donors (Lipinski definition) is 2. The van der Waals surface area contributed by atoms with Crippen LogP contribution in [0.3, 0.4) is 0 Å². The van der Waals surface area contributed by atoms with Gasteiger partial charge in [0, 0.05) is 22.7 Å². The first kappa shape index (κ1) is 20.7. The van der Waals surface area contributed by atoms with Gasteiger partial charge in [-0.3, -0.25) is 10.1 Å². The molecule has 0 saturated heterocycles. The molecule has 0 bridgehead atoms. The second-order valence-corrected chi connectivity index (χ2v) is 7.85. The number of ether oxygens (including phenoxy) is 1. The molecule has 0 radical (unpaired) electrons. The summed E-state index contributed by atoms with van der Waals surface area (Å²) >= 11 is 5.36. The van der Waals surface area contributed by atoms with Crippen molar-refractivity contribution in [1.82, 2.24) is 10.3 Å². The molecule has 5 rings (SSSR count). The minimum absolute atomic E-state index is 0.156. The van der Waals surface area contributed by atoms with Gasteiger partial charge in [0.05, 0.1) is 7.11 Å². The summed E-state index contributed by atoms with van der Waals surface area (Å²) in [5.74, 6) is 0.941. The average molecular weight is 458 g/mol. The first-order valence-electron chi connectivity index (χ1n) is 10.2. The number of oxazole rings is 1. The molecule has 0 fully saturated rings. The number of fused-ring (bicyclic) bond motifs is 2. The fourth-order valence-corrected chi connectivity index (χ4v) is 3.66. The molecule has 0 unspecified atom stereocenters. The van der Waals surface area contributed by atoms with E-state index in [9.17, 15) is 4.79 Å². The molecule has 0 aliphatic carbocycles. The summed E-state index contributed by atoms with van der Waals surface area (Å²) < 4.78 is 16.7. The first-order chi connectivity index (χ1) is 16.0. The van der Waals surface area contributed by atoms with Gasteiger partial charge in [-0.05, 0) is 61.1 Å². The molecule has 164 valence electrons. The Kier molecular flexibility index (Phi) is 5.27. The number of hydrogen-bond acceptors (Lipinski definition) is 6. The lowest BCUT2D eigenvalue weighted by molar-refractivity contribution is 0.0953. The van der Waals surface area contributed by atoms with Crippen LogP contribution in [0.15, 0.2) is 75.6 Å². The highest BCUT2D eigenvalue weighted by atomic mass is 32.1. The molecule has 8 heteroatoms. The van der Waals surface area contributed by atoms with E-state index in [0.29, 0.717) is 28.3 Å². The Morgan fingerprint density at radius 2 is 1.85 bits per heavy atom. The highest BCUT2D eigenvalue weighted by molar-refractivity contribution is 7.80. The summed E-state index contributed by atoms with van der Waals surface area (Å²) in [5, 5.41) is 6.74. The Hall–Kier alpha value is -4.17. The van der Waals surface area contributed by atoms with E-state index in [0.717, 1.165) is 22.2 Å². The van der Waals surface area contributed by atoms with E-state index in [1.54, 1.807) is 19.2 Å². The molecule has 5 aromatic rings. The number of rotatable bonds is 4. The molecule has 0 aliphatic rings. The average Bonchev–Trinajstić information content (AvgIpc) is 3.44. The van der Waals surface area contributed by atoms with Crippen molar-refractivity contribution in [3.63, 3.8) is 0 Å². The van der Waals surface area contributed by atoms with Crippen molar-refractivity contribution < 1.29 is 18.4 Å². The molecule has 7 nitrogen and oxygen atoms in total. The van der Waals surface area contributed by atoms with E-state index >= 15 is 0 Å². The minimum atomic E-state index is -0.426. The highest BCUT2D eigenvalue weighted by Crippen LogP contribution is 2.29. The van der Waals surface area contributed by atoms with Crippen molar-refractivity contribution in [3.05, 3.63) is 78.1 Å². The number of benzene rings is 3. The van der Waals surface area contributed by atoms with Crippen LogP contribution < -0.4 is 15.4 Å². The maximum atomic E-state index is 12.6. The largest absolute Gasteiger partial charge is 0.497 e. The maximum Gasteiger partial charge on any atom is 0.293 e. The van der Waals surface area contributed by atoms with Crippen molar-refractivity contribution in [2.75, 3.05) is 12.4 Å². The van der Waals surface area contributed by atoms with Gasteiger partial charge in [0.25, 0.3) is 5.91 Å². The van der Waals surface area contributed by atoms with Crippen LogP contribution >= 0.6 is 12.2 Å². The first-order valence-corrected chi connectivity index (χ1v) is 10.6. The molecular weight excluding hydrogens is 438 g/mol. The van der Waals surface area contributed by atoms with Crippen LogP contribution in [0, 0.1) is 6.92 Å². The number of nitrogens with zero attached hydrogens (tertiary/aromatic N) is 1. The lowest BCUT2D eigenvalue weighted by Crippen LogP contribution is -2.34. The molecule has 0 saturated carbocycles. The van der Waals surface area contributed by atoms with Crippen molar-refractivity contribution in [2.45, 2.75) is 6.92 Å². The van der Waals surface area contributed by atoms with Crippen LogP contribution in [-0.2, 0) is 0 Å². The third-order valence-electron chi connectivity index (χ3n) is 5.20. The van der Waals surface area contributed by atoms with Gasteiger partial charge in [-0.1, -0.05) is 24.3 Å². The van der Waals surface area contributed by atoms with Gasteiger partial charge >= 0.3 is 0 Å². The number of aromatic nitrogens is 1. The number of carbonyl (C=O) groups is 1. The van der Waals surface area contributed by atoms with Gasteiger partial charge in [0.1, 0.15) is 16.8 Å². The number of carbonyl (C=O) groups excluding carboxylic acids is 1. The lowest BCUT2D eigenvalue weighted by Gasteiger charge is -2.12. The van der Waals surface area contributed by atoms with Crippen LogP contribution in [-0.4, -0.2) is 23.1 Å². The van der Waals surface area contributed by atoms with E-state index in [1.165, 1.54) is 0 Å². The number of para-hydroxylation sites is 1. The monoisotopic (exact) mass is 457 g/mol. The number of amides is 1. The Morgan fingerprint density at radius 3 is 2.67 bits per heavy atom. The van der Waals surface area contributed by atoms with Crippen molar-refractivity contribution in [1.29, 1.82) is 0 Å². The number of methoxy groups -OCH3 is 1. The second-order valence-electron chi connectivity index (χ2n) is 7.44. The minimum Gasteiger partial charge on any atom is -0.497 e. The van der Waals surface area contributed by atoms with Crippen molar-refractivity contribution >= 4 is 51.0 Å². The summed E-state index contributed by atoms with van der Waals surface area (Å²) in [6, 6.07) is 20.3. The number of anilines is 1. The number of nitrogens with one attached hydrogen (secondary N) is 2. The molecule has 0 atom stereocenters. The summed E-state index contributed by atoms with van der Waals surface area (Å²) in [6.07, 6.45) is 0. The molecular formula is C25H19N3O4S. The Morgan fingerprint density at radius 1 is 1.00 bits per heavy atom. The molecule has 1 amide bonds. The molecule has 3 aromatic carbocycles. The predicted octanol–water partition coefficient (Wildman–Crippen LogP) is 5.68. The van der Waals surface area contributed by atoms with E-state index in [4.69, 9.17) is 25.8 Å². The van der Waals surface area contributed by atoms with Gasteiger partial charge in [-0.15, -0.1) is 0 Å². The molecule has 2 N–H and O–H groups in total. The van der Waals surface area contributed by atoms with E-state index in [2.05, 4.69) is 15.6 Å². The van der Waals surface area contributed by atoms with E-state index < -0.39 is 5.91 Å². The van der Waals surface area contributed by atoms with Crippen LogP contribution in [0.4, 0.5) is 5.69 Å². The zero-order chi connectivity index (χ0) is 22.9. The Bertz CT molecular complexity index is 1490. The van der Waals surface area contributed by atoms with E-state index in [1.807, 2.05) is 61.5 Å². The Labute approximate surface area is 194 Å². The predicted molar refractivity (Wildman–Crippen MR) is 131 cm³/mol. The fourth-order valence-electron chi connectivity index (χ4n) is 3.46. The van der Waals surface area contributed by atoms with Gasteiger partial charge < -0.3 is 18.9 Å². The summed E-state index contributed by atoms with van der Waals surface area (Å²) in [6.45, 7) is 1.94. The van der Waals surface area contributed by atoms with E-state index in [-0.39, 0.29) is 10.9 Å². The number of thiocarbonyl (C=S) groups is 1. The molecule has 2 aromatic heterocycles. The maximum absolute atomic E-state index is 12.6. The standard InChI is InChI=1S/C25H19N3O4S/c1-14-7-8-16(24-26-19-13-17(30-2)9-10-21(19)32-24)11-18(14)27-25(33)28-23(29)22-12-15-5-3-4-6-20(15)31-22/h3-13H,1-2H3,(H2,27,28,29,33). The van der Waals surface area contributed by atoms with Gasteiger partial charge in [0.2, 0.25) is 5.89 Å². The molecule has 2 heterocycles. The van der Waals surface area contributed by atoms with Crippen molar-refractivity contribution in [2.24, 2.45) is 0 Å². The topological polar surface area (TPSA) is 89.5 Å². The quantitative estimate of drug-likeness (QED) is 0.335. The summed E-state index contributed by atoms with van der Waals surface area (Å²) in [4.78, 5) is 17.1. The van der Waals surface area contributed by atoms with Crippen LogP contribution in [0.5, 0.6) is 5.75 Å². The van der Waals surface area contributed by atoms with Gasteiger partial charge in [0.15, 0.2) is 16.5 Å². The Balaban J connectivity index is 1.34. The van der Waals surface area contributed by atoms with Crippen LogP contribution in [0.1, 0.15) is 16.1 Å². The van der Waals surface area contributed by atoms with Gasteiger partial charge in [-0.25, -0.2) is 4.98 Å². The summed E-state index contributed by atoms with van der Waals surface area (Å²) in [7, 11) is 1.61. The SMILES string of the molecule is COc1ccc2oc(-c3ccc(C)c(NC(=S)NC(=O)c4cc5ccccc5o4)c3)nc2c1. The third-order valence-corrected chi connectivity index (χ3v) is 5.41. The highest BCUT2D eigenvalue weighted by Gasteiger charge is 2.15. The smallest absolute Gasteiger partial charge is 0.293 e. The number of furan rings is 1.